The minimum Gasteiger partial charge on any atom is -0.304 e. The summed E-state index contributed by atoms with van der Waals surface area (Å²) in [6.07, 6.45) is 5.93. The summed E-state index contributed by atoms with van der Waals surface area (Å²) in [6.45, 7) is 4.41. The van der Waals surface area contributed by atoms with Gasteiger partial charge in [0.25, 0.3) is 0 Å². The third-order valence-electron chi connectivity index (χ3n) is 3.43. The Kier molecular flexibility index (Phi) is 1.84. The summed E-state index contributed by atoms with van der Waals surface area (Å²) in [5.74, 6) is 0.633. The van der Waals surface area contributed by atoms with Crippen molar-refractivity contribution in [3.8, 4) is 0 Å². The van der Waals surface area contributed by atoms with E-state index in [0.717, 1.165) is 5.65 Å². The number of imidazole rings is 1. The molecule has 2 heteroatoms. The highest BCUT2D eigenvalue weighted by atomic mass is 15.0. The average molecular weight is 200 g/mol. The second kappa shape index (κ2) is 3.09. The number of nitrogens with zero attached hydrogens (tertiary/aromatic N) is 2. The molecule has 0 saturated heterocycles. The lowest BCUT2D eigenvalue weighted by Crippen LogP contribution is -2.07. The molecule has 0 amide bonds. The summed E-state index contributed by atoms with van der Waals surface area (Å²) in [5.41, 5.74) is 5.17. The quantitative estimate of drug-likeness (QED) is 0.638. The molecule has 0 aliphatic heterocycles. The monoisotopic (exact) mass is 200 g/mol. The van der Waals surface area contributed by atoms with Crippen LogP contribution in [0.5, 0.6) is 0 Å². The van der Waals surface area contributed by atoms with Crippen LogP contribution in [0.2, 0.25) is 0 Å². The molecule has 15 heavy (non-hydrogen) atoms. The van der Waals surface area contributed by atoms with E-state index < -0.39 is 0 Å². The maximum Gasteiger partial charge on any atom is 0.137 e. The van der Waals surface area contributed by atoms with Gasteiger partial charge in [-0.05, 0) is 43.9 Å². The Morgan fingerprint density at radius 2 is 2.33 bits per heavy atom. The van der Waals surface area contributed by atoms with Crippen LogP contribution in [-0.4, -0.2) is 9.38 Å². The summed E-state index contributed by atoms with van der Waals surface area (Å²) < 4.78 is 2.26. The van der Waals surface area contributed by atoms with Crippen LogP contribution in [0.4, 0.5) is 0 Å². The minimum atomic E-state index is 0.633. The van der Waals surface area contributed by atoms with Crippen LogP contribution in [0.15, 0.2) is 18.3 Å². The van der Waals surface area contributed by atoms with Crippen LogP contribution in [0.25, 0.3) is 5.65 Å². The van der Waals surface area contributed by atoms with E-state index in [1.807, 2.05) is 0 Å². The molecule has 1 atom stereocenters. The van der Waals surface area contributed by atoms with Crippen LogP contribution in [-0.2, 0) is 6.42 Å². The number of hydrogen-bond donors (Lipinski definition) is 0. The largest absolute Gasteiger partial charge is 0.304 e. The zero-order chi connectivity index (χ0) is 10.4. The van der Waals surface area contributed by atoms with Crippen molar-refractivity contribution >= 4 is 5.65 Å². The maximum atomic E-state index is 4.76. The second-order valence-corrected chi connectivity index (χ2v) is 4.67. The van der Waals surface area contributed by atoms with Crippen molar-refractivity contribution < 1.29 is 0 Å². The Bertz CT molecular complexity index is 510. The molecule has 1 aliphatic rings. The molecule has 1 aliphatic carbocycles. The first-order valence-corrected chi connectivity index (χ1v) is 5.73. The van der Waals surface area contributed by atoms with Gasteiger partial charge < -0.3 is 4.40 Å². The molecule has 0 radical (unpaired) electrons. The Labute approximate surface area is 90.0 Å². The lowest BCUT2D eigenvalue weighted by Gasteiger charge is -2.17. The van der Waals surface area contributed by atoms with E-state index in [1.54, 1.807) is 0 Å². The van der Waals surface area contributed by atoms with Crippen LogP contribution >= 0.6 is 0 Å². The Morgan fingerprint density at radius 3 is 3.20 bits per heavy atom. The molecule has 0 saturated carbocycles. The first kappa shape index (κ1) is 8.96. The van der Waals surface area contributed by atoms with Gasteiger partial charge in [0.2, 0.25) is 0 Å². The Balaban J connectivity index is 2.30. The minimum absolute atomic E-state index is 0.633. The fourth-order valence-electron chi connectivity index (χ4n) is 2.57. The highest BCUT2D eigenvalue weighted by Crippen LogP contribution is 2.31. The van der Waals surface area contributed by atoms with Gasteiger partial charge in [-0.15, -0.1) is 0 Å². The number of aromatic nitrogens is 2. The van der Waals surface area contributed by atoms with Crippen molar-refractivity contribution in [2.75, 3.05) is 0 Å². The maximum absolute atomic E-state index is 4.76. The standard InChI is InChI=1S/C13H16N2/c1-9-6-7-15-11-5-3-4-10(2)13(11)14-12(15)8-9/h6-8,10H,3-5H2,1-2H3. The van der Waals surface area contributed by atoms with Crippen LogP contribution in [0.1, 0.15) is 42.6 Å². The molecular formula is C13H16N2. The number of hydrogen-bond acceptors (Lipinski definition) is 1. The van der Waals surface area contributed by atoms with E-state index in [4.69, 9.17) is 4.98 Å². The third kappa shape index (κ3) is 1.28. The average Bonchev–Trinajstić information content (AvgIpc) is 2.57. The Hall–Kier alpha value is -1.31. The molecule has 0 spiro atoms. The molecular weight excluding hydrogens is 184 g/mol. The van der Waals surface area contributed by atoms with Gasteiger partial charge in [0.1, 0.15) is 5.65 Å². The van der Waals surface area contributed by atoms with Gasteiger partial charge in [-0.1, -0.05) is 6.92 Å². The number of aryl methyl sites for hydroxylation is 2. The zero-order valence-electron chi connectivity index (χ0n) is 9.33. The lowest BCUT2D eigenvalue weighted by molar-refractivity contribution is 0.570. The van der Waals surface area contributed by atoms with Crippen molar-refractivity contribution in [1.82, 2.24) is 9.38 Å². The van der Waals surface area contributed by atoms with Crippen molar-refractivity contribution in [1.29, 1.82) is 0 Å². The van der Waals surface area contributed by atoms with Crippen LogP contribution in [0, 0.1) is 6.92 Å². The smallest absolute Gasteiger partial charge is 0.137 e. The van der Waals surface area contributed by atoms with Gasteiger partial charge in [-0.25, -0.2) is 4.98 Å². The van der Waals surface area contributed by atoms with Gasteiger partial charge in [-0.2, -0.15) is 0 Å². The summed E-state index contributed by atoms with van der Waals surface area (Å²) >= 11 is 0. The normalized spacial score (nSPS) is 20.5. The van der Waals surface area contributed by atoms with Gasteiger partial charge in [-0.3, -0.25) is 0 Å². The van der Waals surface area contributed by atoms with E-state index in [1.165, 1.54) is 36.2 Å². The lowest BCUT2D eigenvalue weighted by atomic mass is 9.91. The molecule has 3 rings (SSSR count). The van der Waals surface area contributed by atoms with Gasteiger partial charge in [0.05, 0.1) is 5.69 Å². The summed E-state index contributed by atoms with van der Waals surface area (Å²) in [7, 11) is 0. The summed E-state index contributed by atoms with van der Waals surface area (Å²) in [4.78, 5) is 4.76. The summed E-state index contributed by atoms with van der Waals surface area (Å²) in [5, 5.41) is 0. The third-order valence-corrected chi connectivity index (χ3v) is 3.43. The van der Waals surface area contributed by atoms with E-state index in [-0.39, 0.29) is 0 Å². The molecule has 0 N–H and O–H groups in total. The highest BCUT2D eigenvalue weighted by Gasteiger charge is 2.21. The molecule has 2 aromatic heterocycles. The first-order valence-electron chi connectivity index (χ1n) is 5.73. The van der Waals surface area contributed by atoms with Crippen molar-refractivity contribution in [2.45, 2.75) is 39.0 Å². The molecule has 2 nitrogen and oxygen atoms in total. The predicted molar refractivity (Wildman–Crippen MR) is 61.3 cm³/mol. The SMILES string of the molecule is Cc1ccn2c3c(nc2c1)C(C)CCC3. The van der Waals surface area contributed by atoms with Crippen LogP contribution < -0.4 is 0 Å². The van der Waals surface area contributed by atoms with E-state index in [9.17, 15) is 0 Å². The predicted octanol–water partition coefficient (Wildman–Crippen LogP) is 3.08. The van der Waals surface area contributed by atoms with Crippen molar-refractivity contribution in [3.63, 3.8) is 0 Å². The van der Waals surface area contributed by atoms with E-state index in [2.05, 4.69) is 36.6 Å². The van der Waals surface area contributed by atoms with Gasteiger partial charge in [0, 0.05) is 17.8 Å². The highest BCUT2D eigenvalue weighted by molar-refractivity contribution is 5.46. The fourth-order valence-corrected chi connectivity index (χ4v) is 2.57. The fraction of sp³-hybridized carbons (Fsp3) is 0.462. The molecule has 2 heterocycles. The van der Waals surface area contributed by atoms with Gasteiger partial charge >= 0.3 is 0 Å². The Morgan fingerprint density at radius 1 is 1.47 bits per heavy atom. The molecule has 1 unspecified atom stereocenters. The van der Waals surface area contributed by atoms with E-state index >= 15 is 0 Å². The first-order chi connectivity index (χ1) is 7.25. The van der Waals surface area contributed by atoms with E-state index in [0.29, 0.717) is 5.92 Å². The van der Waals surface area contributed by atoms with Gasteiger partial charge in [0.15, 0.2) is 0 Å². The van der Waals surface area contributed by atoms with Crippen molar-refractivity contribution in [3.05, 3.63) is 35.3 Å². The number of rotatable bonds is 0. The van der Waals surface area contributed by atoms with Crippen LogP contribution in [0.3, 0.4) is 0 Å². The molecule has 0 bridgehead atoms. The van der Waals surface area contributed by atoms with Crippen molar-refractivity contribution in [2.24, 2.45) is 0 Å². The zero-order valence-corrected chi connectivity index (χ0v) is 9.33. The summed E-state index contributed by atoms with van der Waals surface area (Å²) in [6, 6.07) is 4.33. The molecule has 78 valence electrons. The topological polar surface area (TPSA) is 17.3 Å². The molecule has 0 fully saturated rings. The second-order valence-electron chi connectivity index (χ2n) is 4.67. The molecule has 0 aromatic carbocycles. The number of fused-ring (bicyclic) bond motifs is 3. The molecule has 2 aromatic rings. The number of pyridine rings is 1.